The van der Waals surface area contributed by atoms with Gasteiger partial charge in [0.1, 0.15) is 17.4 Å². The number of pyridine rings is 1. The van der Waals surface area contributed by atoms with E-state index in [1.165, 1.54) is 4.57 Å². The van der Waals surface area contributed by atoms with Gasteiger partial charge in [0, 0.05) is 25.0 Å². The minimum absolute atomic E-state index is 0.233. The number of nitriles is 1. The highest BCUT2D eigenvalue weighted by molar-refractivity contribution is 5.86. The fourth-order valence-electron chi connectivity index (χ4n) is 3.54. The molecule has 0 saturated carbocycles. The molecule has 1 aliphatic rings. The van der Waals surface area contributed by atoms with E-state index in [9.17, 15) is 10.1 Å². The van der Waals surface area contributed by atoms with Crippen molar-refractivity contribution >= 4 is 10.9 Å². The van der Waals surface area contributed by atoms with E-state index < -0.39 is 0 Å². The maximum atomic E-state index is 12.6. The lowest BCUT2D eigenvalue weighted by Gasteiger charge is -2.30. The third-order valence-electron chi connectivity index (χ3n) is 5.13. The van der Waals surface area contributed by atoms with Crippen molar-refractivity contribution in [3.8, 4) is 11.8 Å². The van der Waals surface area contributed by atoms with E-state index >= 15 is 0 Å². The SMILES string of the molecule is COc1ccc2c(c1)c(CCN1CCC(N)CC1)c(C#N)c(=O)n2C. The van der Waals surface area contributed by atoms with Crippen molar-refractivity contribution in [3.05, 3.63) is 39.7 Å². The zero-order chi connectivity index (χ0) is 18.0. The lowest BCUT2D eigenvalue weighted by Crippen LogP contribution is -2.40. The number of aryl methyl sites for hydroxylation is 1. The molecule has 0 amide bonds. The van der Waals surface area contributed by atoms with Crippen LogP contribution < -0.4 is 16.0 Å². The minimum Gasteiger partial charge on any atom is -0.497 e. The first kappa shape index (κ1) is 17.5. The van der Waals surface area contributed by atoms with Crippen LogP contribution in [0.25, 0.3) is 10.9 Å². The molecule has 132 valence electrons. The summed E-state index contributed by atoms with van der Waals surface area (Å²) in [6.45, 7) is 2.76. The molecule has 2 N–H and O–H groups in total. The number of nitrogens with zero attached hydrogens (tertiary/aromatic N) is 3. The van der Waals surface area contributed by atoms with Gasteiger partial charge in [-0.2, -0.15) is 5.26 Å². The van der Waals surface area contributed by atoms with Crippen molar-refractivity contribution in [3.63, 3.8) is 0 Å². The summed E-state index contributed by atoms with van der Waals surface area (Å²) < 4.78 is 6.87. The second kappa shape index (κ2) is 7.26. The summed E-state index contributed by atoms with van der Waals surface area (Å²) in [7, 11) is 3.32. The first-order valence-corrected chi connectivity index (χ1v) is 8.62. The molecule has 1 aliphatic heterocycles. The summed E-state index contributed by atoms with van der Waals surface area (Å²) in [5.41, 5.74) is 7.59. The van der Waals surface area contributed by atoms with Crippen molar-refractivity contribution in [2.45, 2.75) is 25.3 Å². The summed E-state index contributed by atoms with van der Waals surface area (Å²) >= 11 is 0. The van der Waals surface area contributed by atoms with Crippen LogP contribution in [0.5, 0.6) is 5.75 Å². The largest absolute Gasteiger partial charge is 0.497 e. The Kier molecular flexibility index (Phi) is 5.07. The first-order valence-electron chi connectivity index (χ1n) is 8.62. The number of benzene rings is 1. The Morgan fingerprint density at radius 2 is 2.08 bits per heavy atom. The molecule has 1 aromatic heterocycles. The van der Waals surface area contributed by atoms with Crippen LogP contribution in [0.4, 0.5) is 0 Å². The number of likely N-dealkylation sites (tertiary alicyclic amines) is 1. The van der Waals surface area contributed by atoms with Gasteiger partial charge in [0.05, 0.1) is 12.6 Å². The fourth-order valence-corrected chi connectivity index (χ4v) is 3.54. The average molecular weight is 340 g/mol. The second-order valence-corrected chi connectivity index (χ2v) is 6.64. The first-order chi connectivity index (χ1) is 12.0. The molecule has 2 aromatic rings. The molecular weight excluding hydrogens is 316 g/mol. The molecular formula is C19H24N4O2. The Morgan fingerprint density at radius 1 is 1.36 bits per heavy atom. The molecule has 6 heteroatoms. The van der Waals surface area contributed by atoms with Crippen LogP contribution in [-0.2, 0) is 13.5 Å². The molecule has 0 radical (unpaired) electrons. The molecule has 0 spiro atoms. The van der Waals surface area contributed by atoms with Gasteiger partial charge in [-0.1, -0.05) is 0 Å². The normalized spacial score (nSPS) is 16.1. The highest BCUT2D eigenvalue weighted by atomic mass is 16.5. The molecule has 1 saturated heterocycles. The van der Waals surface area contributed by atoms with E-state index in [2.05, 4.69) is 11.0 Å². The average Bonchev–Trinajstić information content (AvgIpc) is 2.64. The van der Waals surface area contributed by atoms with Crippen LogP contribution in [0, 0.1) is 11.3 Å². The van der Waals surface area contributed by atoms with Crippen LogP contribution in [0.15, 0.2) is 23.0 Å². The lowest BCUT2D eigenvalue weighted by molar-refractivity contribution is 0.216. The molecule has 2 heterocycles. The van der Waals surface area contributed by atoms with Gasteiger partial charge in [-0.05, 0) is 56.1 Å². The monoisotopic (exact) mass is 340 g/mol. The zero-order valence-corrected chi connectivity index (χ0v) is 14.8. The van der Waals surface area contributed by atoms with Crippen LogP contribution in [0.2, 0.25) is 0 Å². The van der Waals surface area contributed by atoms with Crippen molar-refractivity contribution in [2.24, 2.45) is 12.8 Å². The van der Waals surface area contributed by atoms with E-state index in [4.69, 9.17) is 10.5 Å². The maximum absolute atomic E-state index is 12.6. The molecule has 0 bridgehead atoms. The highest BCUT2D eigenvalue weighted by Crippen LogP contribution is 2.25. The van der Waals surface area contributed by atoms with Crippen LogP contribution >= 0.6 is 0 Å². The molecule has 0 atom stereocenters. The lowest BCUT2D eigenvalue weighted by atomic mass is 9.99. The Labute approximate surface area is 147 Å². The van der Waals surface area contributed by atoms with Gasteiger partial charge in [-0.3, -0.25) is 4.79 Å². The van der Waals surface area contributed by atoms with Gasteiger partial charge >= 0.3 is 0 Å². The topological polar surface area (TPSA) is 84.3 Å². The Balaban J connectivity index is 2.01. The molecule has 0 unspecified atom stereocenters. The van der Waals surface area contributed by atoms with Gasteiger partial charge in [0.25, 0.3) is 5.56 Å². The third-order valence-corrected chi connectivity index (χ3v) is 5.13. The summed E-state index contributed by atoms with van der Waals surface area (Å²) in [5, 5.41) is 10.5. The number of rotatable bonds is 4. The number of nitrogens with two attached hydrogens (primary N) is 1. The van der Waals surface area contributed by atoms with Gasteiger partial charge in [0.2, 0.25) is 0 Å². The van der Waals surface area contributed by atoms with Crippen molar-refractivity contribution in [2.75, 3.05) is 26.7 Å². The van der Waals surface area contributed by atoms with Crippen LogP contribution in [0.3, 0.4) is 0 Å². The van der Waals surface area contributed by atoms with Crippen molar-refractivity contribution in [1.29, 1.82) is 5.26 Å². The molecule has 0 aliphatic carbocycles. The van der Waals surface area contributed by atoms with E-state index in [1.807, 2.05) is 18.2 Å². The van der Waals surface area contributed by atoms with Crippen LogP contribution in [-0.4, -0.2) is 42.3 Å². The predicted molar refractivity (Wildman–Crippen MR) is 97.8 cm³/mol. The second-order valence-electron chi connectivity index (χ2n) is 6.64. The Hall–Kier alpha value is -2.36. The number of methoxy groups -OCH3 is 1. The summed E-state index contributed by atoms with van der Waals surface area (Å²) in [6, 6.07) is 8.03. The molecule has 3 rings (SSSR count). The zero-order valence-electron chi connectivity index (χ0n) is 14.8. The van der Waals surface area contributed by atoms with Gasteiger partial charge in [0.15, 0.2) is 0 Å². The summed E-state index contributed by atoms with van der Waals surface area (Å²) in [4.78, 5) is 14.9. The highest BCUT2D eigenvalue weighted by Gasteiger charge is 2.19. The number of aromatic nitrogens is 1. The summed E-state index contributed by atoms with van der Waals surface area (Å²) in [6.07, 6.45) is 2.66. The van der Waals surface area contributed by atoms with Crippen molar-refractivity contribution in [1.82, 2.24) is 9.47 Å². The Morgan fingerprint density at radius 3 is 2.72 bits per heavy atom. The maximum Gasteiger partial charge on any atom is 0.268 e. The number of piperidine rings is 1. The smallest absolute Gasteiger partial charge is 0.268 e. The Bertz CT molecular complexity index is 874. The van der Waals surface area contributed by atoms with Gasteiger partial charge in [-0.25, -0.2) is 0 Å². The number of fused-ring (bicyclic) bond motifs is 1. The van der Waals surface area contributed by atoms with E-state index in [0.717, 1.165) is 54.7 Å². The van der Waals surface area contributed by atoms with Crippen molar-refractivity contribution < 1.29 is 4.74 Å². The van der Waals surface area contributed by atoms with Gasteiger partial charge < -0.3 is 19.9 Å². The van der Waals surface area contributed by atoms with E-state index in [-0.39, 0.29) is 11.1 Å². The summed E-state index contributed by atoms with van der Waals surface area (Å²) in [5.74, 6) is 0.722. The fraction of sp³-hybridized carbons (Fsp3) is 0.474. The molecule has 6 nitrogen and oxygen atoms in total. The standard InChI is InChI=1S/C19H24N4O2/c1-22-18-4-3-14(25-2)11-16(18)15(17(12-20)19(22)24)7-10-23-8-5-13(21)6-9-23/h3-4,11,13H,5-10,21H2,1-2H3. The minimum atomic E-state index is -0.240. The van der Waals surface area contributed by atoms with Crippen LogP contribution in [0.1, 0.15) is 24.0 Å². The number of hydrogen-bond donors (Lipinski definition) is 1. The predicted octanol–water partition coefficient (Wildman–Crippen LogP) is 1.38. The number of hydrogen-bond acceptors (Lipinski definition) is 5. The molecule has 1 aromatic carbocycles. The molecule has 1 fully saturated rings. The number of ether oxygens (including phenoxy) is 1. The van der Waals surface area contributed by atoms with E-state index in [0.29, 0.717) is 12.5 Å². The quantitative estimate of drug-likeness (QED) is 0.909. The molecule has 25 heavy (non-hydrogen) atoms. The van der Waals surface area contributed by atoms with Gasteiger partial charge in [-0.15, -0.1) is 0 Å². The van der Waals surface area contributed by atoms with E-state index in [1.54, 1.807) is 14.2 Å². The third kappa shape index (κ3) is 3.39.